The van der Waals surface area contributed by atoms with Crippen molar-refractivity contribution in [2.75, 3.05) is 6.54 Å². The van der Waals surface area contributed by atoms with E-state index in [1.807, 2.05) is 20.8 Å². The molecule has 0 unspecified atom stereocenters. The average molecular weight is 252 g/mol. The number of carbonyl (C=O) groups is 1. The van der Waals surface area contributed by atoms with E-state index >= 15 is 0 Å². The van der Waals surface area contributed by atoms with Gasteiger partial charge in [-0.25, -0.2) is 4.39 Å². The summed E-state index contributed by atoms with van der Waals surface area (Å²) in [5.41, 5.74) is 1.98. The van der Waals surface area contributed by atoms with Gasteiger partial charge in [-0.1, -0.05) is 6.07 Å². The third-order valence-corrected chi connectivity index (χ3v) is 2.61. The molecule has 0 aromatic heterocycles. The zero-order valence-electron chi connectivity index (χ0n) is 11.2. The summed E-state index contributed by atoms with van der Waals surface area (Å²) in [6.45, 7) is 6.98. The van der Waals surface area contributed by atoms with Crippen LogP contribution in [-0.4, -0.2) is 18.5 Å². The summed E-state index contributed by atoms with van der Waals surface area (Å²) in [5.74, 6) is -0.191. The average Bonchev–Trinajstić information content (AvgIpc) is 2.28. The second-order valence-electron chi connectivity index (χ2n) is 4.72. The molecular formula is C14H21FN2O. The Morgan fingerprint density at radius 1 is 1.39 bits per heavy atom. The highest BCUT2D eigenvalue weighted by Gasteiger charge is 2.03. The Morgan fingerprint density at radius 2 is 2.11 bits per heavy atom. The molecule has 0 bridgehead atoms. The van der Waals surface area contributed by atoms with E-state index in [1.165, 1.54) is 12.1 Å². The van der Waals surface area contributed by atoms with Crippen molar-refractivity contribution < 1.29 is 9.18 Å². The lowest BCUT2D eigenvalue weighted by atomic mass is 10.1. The van der Waals surface area contributed by atoms with Crippen molar-refractivity contribution in [3.63, 3.8) is 0 Å². The third kappa shape index (κ3) is 5.27. The quantitative estimate of drug-likeness (QED) is 0.762. The minimum Gasteiger partial charge on any atom is -0.354 e. The molecule has 0 atom stereocenters. The molecule has 1 rings (SSSR count). The first-order chi connectivity index (χ1) is 8.49. The Bertz CT molecular complexity index is 405. The van der Waals surface area contributed by atoms with Gasteiger partial charge in [0, 0.05) is 25.6 Å². The number of nitrogens with one attached hydrogen (secondary N) is 2. The fourth-order valence-electron chi connectivity index (χ4n) is 1.65. The van der Waals surface area contributed by atoms with Crippen LogP contribution in [0.2, 0.25) is 0 Å². The molecule has 0 heterocycles. The van der Waals surface area contributed by atoms with Crippen molar-refractivity contribution in [3.8, 4) is 0 Å². The van der Waals surface area contributed by atoms with Gasteiger partial charge >= 0.3 is 0 Å². The molecule has 1 aromatic carbocycles. The first-order valence-corrected chi connectivity index (χ1v) is 6.24. The molecule has 0 aliphatic heterocycles. The van der Waals surface area contributed by atoms with Gasteiger partial charge in [-0.3, -0.25) is 4.79 Å². The van der Waals surface area contributed by atoms with Gasteiger partial charge in [-0.2, -0.15) is 0 Å². The zero-order chi connectivity index (χ0) is 13.5. The Balaban J connectivity index is 2.29. The molecule has 2 N–H and O–H groups in total. The van der Waals surface area contributed by atoms with E-state index in [0.29, 0.717) is 19.5 Å². The predicted octanol–water partition coefficient (Wildman–Crippen LogP) is 2.14. The van der Waals surface area contributed by atoms with Crippen molar-refractivity contribution >= 4 is 5.91 Å². The van der Waals surface area contributed by atoms with Crippen molar-refractivity contribution in [1.82, 2.24) is 10.6 Å². The van der Waals surface area contributed by atoms with Crippen LogP contribution < -0.4 is 10.6 Å². The van der Waals surface area contributed by atoms with Crippen molar-refractivity contribution in [2.45, 2.75) is 39.8 Å². The number of carbonyl (C=O) groups excluding carboxylic acids is 1. The van der Waals surface area contributed by atoms with Crippen LogP contribution in [0.5, 0.6) is 0 Å². The van der Waals surface area contributed by atoms with Crippen LogP contribution in [0.1, 0.15) is 31.4 Å². The minimum absolute atomic E-state index is 0.0356. The second-order valence-corrected chi connectivity index (χ2v) is 4.72. The van der Waals surface area contributed by atoms with Crippen molar-refractivity contribution in [2.24, 2.45) is 0 Å². The molecule has 0 saturated heterocycles. The summed E-state index contributed by atoms with van der Waals surface area (Å²) >= 11 is 0. The number of aryl methyl sites for hydroxylation is 1. The smallest absolute Gasteiger partial charge is 0.221 e. The maximum absolute atomic E-state index is 13.0. The summed E-state index contributed by atoms with van der Waals surface area (Å²) in [6, 6.07) is 4.91. The topological polar surface area (TPSA) is 41.1 Å². The Hall–Kier alpha value is -1.42. The molecule has 0 aliphatic rings. The second kappa shape index (κ2) is 7.11. The van der Waals surface area contributed by atoms with Gasteiger partial charge in [0.25, 0.3) is 0 Å². The molecule has 1 amide bonds. The van der Waals surface area contributed by atoms with Gasteiger partial charge < -0.3 is 10.6 Å². The standard InChI is InChI=1S/C14H21FN2O/c1-10(2)17-14(18)6-7-16-9-12-8-13(15)5-4-11(12)3/h4-5,8,10,16H,6-7,9H2,1-3H3,(H,17,18). The SMILES string of the molecule is Cc1ccc(F)cc1CNCCC(=O)NC(C)C. The Kier molecular flexibility index (Phi) is 5.78. The normalized spacial score (nSPS) is 10.7. The zero-order valence-corrected chi connectivity index (χ0v) is 11.2. The first-order valence-electron chi connectivity index (χ1n) is 6.24. The molecule has 0 radical (unpaired) electrons. The molecule has 0 saturated carbocycles. The summed E-state index contributed by atoms with van der Waals surface area (Å²) in [5, 5.41) is 5.97. The number of rotatable bonds is 6. The molecule has 0 spiro atoms. The van der Waals surface area contributed by atoms with E-state index in [0.717, 1.165) is 11.1 Å². The lowest BCUT2D eigenvalue weighted by Crippen LogP contribution is -2.32. The van der Waals surface area contributed by atoms with E-state index in [9.17, 15) is 9.18 Å². The molecule has 18 heavy (non-hydrogen) atoms. The van der Waals surface area contributed by atoms with Crippen LogP contribution in [-0.2, 0) is 11.3 Å². The van der Waals surface area contributed by atoms with Crippen LogP contribution in [0.25, 0.3) is 0 Å². The summed E-state index contributed by atoms with van der Waals surface area (Å²) in [4.78, 5) is 11.4. The number of benzene rings is 1. The van der Waals surface area contributed by atoms with Gasteiger partial charge in [0.1, 0.15) is 5.82 Å². The van der Waals surface area contributed by atoms with Gasteiger partial charge in [0.05, 0.1) is 0 Å². The summed E-state index contributed by atoms with van der Waals surface area (Å²) in [7, 11) is 0. The Labute approximate surface area is 108 Å². The van der Waals surface area contributed by atoms with Crippen molar-refractivity contribution in [1.29, 1.82) is 0 Å². The molecule has 4 heteroatoms. The van der Waals surface area contributed by atoms with Crippen LogP contribution in [0.3, 0.4) is 0 Å². The molecular weight excluding hydrogens is 231 g/mol. The lowest BCUT2D eigenvalue weighted by molar-refractivity contribution is -0.121. The van der Waals surface area contributed by atoms with Crippen LogP contribution in [0.15, 0.2) is 18.2 Å². The highest BCUT2D eigenvalue weighted by atomic mass is 19.1. The van der Waals surface area contributed by atoms with E-state index in [1.54, 1.807) is 6.07 Å². The van der Waals surface area contributed by atoms with Crippen molar-refractivity contribution in [3.05, 3.63) is 35.1 Å². The van der Waals surface area contributed by atoms with E-state index in [-0.39, 0.29) is 17.8 Å². The fraction of sp³-hybridized carbons (Fsp3) is 0.500. The number of amides is 1. The molecule has 0 aliphatic carbocycles. The fourth-order valence-corrected chi connectivity index (χ4v) is 1.65. The highest BCUT2D eigenvalue weighted by Crippen LogP contribution is 2.09. The monoisotopic (exact) mass is 252 g/mol. The third-order valence-electron chi connectivity index (χ3n) is 2.61. The van der Waals surface area contributed by atoms with E-state index in [2.05, 4.69) is 10.6 Å². The molecule has 3 nitrogen and oxygen atoms in total. The van der Waals surface area contributed by atoms with Crippen LogP contribution in [0.4, 0.5) is 4.39 Å². The largest absolute Gasteiger partial charge is 0.354 e. The number of halogens is 1. The number of hydrogen-bond acceptors (Lipinski definition) is 2. The van der Waals surface area contributed by atoms with Crippen LogP contribution in [0, 0.1) is 12.7 Å². The minimum atomic E-state index is -0.227. The number of hydrogen-bond donors (Lipinski definition) is 2. The molecule has 1 aromatic rings. The lowest BCUT2D eigenvalue weighted by Gasteiger charge is -2.10. The van der Waals surface area contributed by atoms with Gasteiger partial charge in [0.2, 0.25) is 5.91 Å². The maximum atomic E-state index is 13.0. The van der Waals surface area contributed by atoms with Gasteiger partial charge in [0.15, 0.2) is 0 Å². The maximum Gasteiger partial charge on any atom is 0.221 e. The van der Waals surface area contributed by atoms with E-state index < -0.39 is 0 Å². The summed E-state index contributed by atoms with van der Waals surface area (Å²) < 4.78 is 13.0. The van der Waals surface area contributed by atoms with E-state index in [4.69, 9.17) is 0 Å². The van der Waals surface area contributed by atoms with Gasteiger partial charge in [-0.05, 0) is 44.0 Å². The molecule has 100 valence electrons. The predicted molar refractivity (Wildman–Crippen MR) is 70.7 cm³/mol. The van der Waals surface area contributed by atoms with Gasteiger partial charge in [-0.15, -0.1) is 0 Å². The first kappa shape index (κ1) is 14.6. The van der Waals surface area contributed by atoms with Crippen LogP contribution >= 0.6 is 0 Å². The molecule has 0 fully saturated rings. The highest BCUT2D eigenvalue weighted by molar-refractivity contribution is 5.76. The Morgan fingerprint density at radius 3 is 2.78 bits per heavy atom. The summed E-state index contributed by atoms with van der Waals surface area (Å²) in [6.07, 6.45) is 0.437.